The van der Waals surface area contributed by atoms with Gasteiger partial charge in [-0.1, -0.05) is 29.8 Å². The summed E-state index contributed by atoms with van der Waals surface area (Å²) in [5, 5.41) is 0.967. The van der Waals surface area contributed by atoms with E-state index >= 15 is 0 Å². The van der Waals surface area contributed by atoms with Gasteiger partial charge in [-0.3, -0.25) is 0 Å². The quantitative estimate of drug-likeness (QED) is 0.629. The number of aromatic nitrogens is 1. The van der Waals surface area contributed by atoms with E-state index in [4.69, 9.17) is 5.73 Å². The highest BCUT2D eigenvalue weighted by molar-refractivity contribution is 5.92. The van der Waals surface area contributed by atoms with Crippen LogP contribution in [0.2, 0.25) is 0 Å². The molecule has 1 heterocycles. The van der Waals surface area contributed by atoms with Crippen LogP contribution >= 0.6 is 0 Å². The van der Waals surface area contributed by atoms with Crippen molar-refractivity contribution in [1.82, 2.24) is 4.98 Å². The van der Waals surface area contributed by atoms with Crippen molar-refractivity contribution in [2.24, 2.45) is 0 Å². The van der Waals surface area contributed by atoms with E-state index in [1.54, 1.807) is 6.07 Å². The van der Waals surface area contributed by atoms with Crippen LogP contribution in [0.4, 0.5) is 10.1 Å². The molecule has 0 aliphatic heterocycles. The third-order valence-corrected chi connectivity index (χ3v) is 3.52. The Morgan fingerprint density at radius 2 is 1.74 bits per heavy atom. The van der Waals surface area contributed by atoms with Gasteiger partial charge < -0.3 is 10.7 Å². The summed E-state index contributed by atoms with van der Waals surface area (Å²) in [6.45, 7) is 4.07. The first-order valence-corrected chi connectivity index (χ1v) is 6.20. The monoisotopic (exact) mass is 254 g/mol. The van der Waals surface area contributed by atoms with Crippen molar-refractivity contribution >= 4 is 16.6 Å². The first-order chi connectivity index (χ1) is 9.06. The number of anilines is 1. The van der Waals surface area contributed by atoms with Crippen LogP contribution in [0.3, 0.4) is 0 Å². The predicted octanol–water partition coefficient (Wildman–Crippen LogP) is 4.17. The van der Waals surface area contributed by atoms with E-state index in [1.807, 2.05) is 6.92 Å². The highest BCUT2D eigenvalue weighted by atomic mass is 19.1. The number of fused-ring (bicyclic) bond motifs is 1. The van der Waals surface area contributed by atoms with Crippen molar-refractivity contribution in [3.63, 3.8) is 0 Å². The lowest BCUT2D eigenvalue weighted by molar-refractivity contribution is 0.634. The summed E-state index contributed by atoms with van der Waals surface area (Å²) >= 11 is 0. The molecule has 0 aliphatic rings. The third-order valence-electron chi connectivity index (χ3n) is 3.52. The molecule has 2 nitrogen and oxygen atoms in total. The number of rotatable bonds is 1. The summed E-state index contributed by atoms with van der Waals surface area (Å²) < 4.78 is 13.5. The average Bonchev–Trinajstić information content (AvgIpc) is 2.69. The third kappa shape index (κ3) is 1.87. The smallest absolute Gasteiger partial charge is 0.148 e. The number of aryl methyl sites for hydroxylation is 2. The van der Waals surface area contributed by atoms with E-state index in [1.165, 1.54) is 11.6 Å². The molecule has 3 N–H and O–H groups in total. The van der Waals surface area contributed by atoms with Crippen LogP contribution in [0.25, 0.3) is 22.2 Å². The number of benzene rings is 2. The molecule has 0 aliphatic carbocycles. The maximum Gasteiger partial charge on any atom is 0.148 e. The Kier molecular flexibility index (Phi) is 2.56. The molecule has 0 saturated carbocycles. The van der Waals surface area contributed by atoms with Gasteiger partial charge in [0.05, 0.1) is 5.69 Å². The summed E-state index contributed by atoms with van der Waals surface area (Å²) in [4.78, 5) is 3.27. The predicted molar refractivity (Wildman–Crippen MR) is 77.6 cm³/mol. The molecule has 96 valence electrons. The van der Waals surface area contributed by atoms with Crippen LogP contribution in [0.15, 0.2) is 36.4 Å². The van der Waals surface area contributed by atoms with Crippen LogP contribution in [0.1, 0.15) is 11.1 Å². The van der Waals surface area contributed by atoms with E-state index in [9.17, 15) is 4.39 Å². The van der Waals surface area contributed by atoms with E-state index in [0.29, 0.717) is 0 Å². The van der Waals surface area contributed by atoms with Gasteiger partial charge in [0.1, 0.15) is 5.82 Å². The van der Waals surface area contributed by atoms with Gasteiger partial charge in [-0.2, -0.15) is 0 Å². The van der Waals surface area contributed by atoms with E-state index < -0.39 is 0 Å². The largest absolute Gasteiger partial charge is 0.396 e. The van der Waals surface area contributed by atoms with Crippen molar-refractivity contribution in [3.8, 4) is 11.3 Å². The fourth-order valence-corrected chi connectivity index (χ4v) is 2.38. The molecule has 3 aromatic rings. The summed E-state index contributed by atoms with van der Waals surface area (Å²) in [7, 11) is 0. The first-order valence-electron chi connectivity index (χ1n) is 6.20. The zero-order valence-electron chi connectivity index (χ0n) is 10.9. The molecular formula is C16H15FN2. The maximum atomic E-state index is 13.5. The van der Waals surface area contributed by atoms with Gasteiger partial charge in [0.2, 0.25) is 0 Å². The molecule has 0 bridgehead atoms. The molecule has 0 unspecified atom stereocenters. The number of nitrogens with two attached hydrogens (primary N) is 1. The number of halogens is 1. The molecule has 0 spiro atoms. The lowest BCUT2D eigenvalue weighted by Crippen LogP contribution is -1.89. The lowest BCUT2D eigenvalue weighted by Gasteiger charge is -2.01. The van der Waals surface area contributed by atoms with Gasteiger partial charge >= 0.3 is 0 Å². The summed E-state index contributed by atoms with van der Waals surface area (Å²) in [6, 6.07) is 11.4. The fraction of sp³-hybridized carbons (Fsp3) is 0.125. The zero-order valence-corrected chi connectivity index (χ0v) is 10.9. The Morgan fingerprint density at radius 1 is 1.05 bits per heavy atom. The number of hydrogen-bond donors (Lipinski definition) is 2. The molecule has 0 saturated heterocycles. The van der Waals surface area contributed by atoms with E-state index in [-0.39, 0.29) is 11.5 Å². The minimum absolute atomic E-state index is 0.185. The summed E-state index contributed by atoms with van der Waals surface area (Å²) in [5.74, 6) is -0.385. The first kappa shape index (κ1) is 11.8. The average molecular weight is 254 g/mol. The second kappa shape index (κ2) is 4.12. The Hall–Kier alpha value is -2.29. The number of aromatic amines is 1. The van der Waals surface area contributed by atoms with E-state index in [2.05, 4.69) is 36.2 Å². The Labute approximate surface area is 111 Å². The molecular weight excluding hydrogens is 239 g/mol. The van der Waals surface area contributed by atoms with Crippen LogP contribution < -0.4 is 5.73 Å². The van der Waals surface area contributed by atoms with Gasteiger partial charge in [-0.25, -0.2) is 4.39 Å². The number of hydrogen-bond acceptors (Lipinski definition) is 1. The standard InChI is InChI=1S/C16H15FN2/c1-9-3-5-11(6-4-9)16-10(2)12-7-14(18)13(17)8-15(12)19-16/h3-8,19H,18H2,1-2H3. The summed E-state index contributed by atoms with van der Waals surface area (Å²) in [6.07, 6.45) is 0. The normalized spacial score (nSPS) is 11.1. The second-order valence-electron chi connectivity index (χ2n) is 4.91. The molecule has 3 heteroatoms. The molecule has 0 fully saturated rings. The lowest BCUT2D eigenvalue weighted by atomic mass is 10.1. The molecule has 1 aromatic heterocycles. The highest BCUT2D eigenvalue weighted by Crippen LogP contribution is 2.31. The van der Waals surface area contributed by atoms with Crippen molar-refractivity contribution in [2.45, 2.75) is 13.8 Å². The van der Waals surface area contributed by atoms with Crippen LogP contribution in [0, 0.1) is 19.7 Å². The van der Waals surface area contributed by atoms with Crippen LogP contribution in [-0.2, 0) is 0 Å². The van der Waals surface area contributed by atoms with E-state index in [0.717, 1.165) is 27.7 Å². The molecule has 19 heavy (non-hydrogen) atoms. The van der Waals surface area contributed by atoms with Gasteiger partial charge in [0, 0.05) is 22.7 Å². The minimum atomic E-state index is -0.385. The molecule has 0 atom stereocenters. The van der Waals surface area contributed by atoms with Gasteiger partial charge in [-0.05, 0) is 31.0 Å². The fourth-order valence-electron chi connectivity index (χ4n) is 2.38. The van der Waals surface area contributed by atoms with Gasteiger partial charge in [-0.15, -0.1) is 0 Å². The van der Waals surface area contributed by atoms with Crippen LogP contribution in [-0.4, -0.2) is 4.98 Å². The van der Waals surface area contributed by atoms with Gasteiger partial charge in [0.15, 0.2) is 0 Å². The maximum absolute atomic E-state index is 13.5. The molecule has 0 amide bonds. The highest BCUT2D eigenvalue weighted by Gasteiger charge is 2.11. The van der Waals surface area contributed by atoms with Gasteiger partial charge in [0.25, 0.3) is 0 Å². The Bertz CT molecular complexity index is 755. The molecule has 0 radical (unpaired) electrons. The van der Waals surface area contributed by atoms with Crippen molar-refractivity contribution < 1.29 is 4.39 Å². The van der Waals surface area contributed by atoms with Crippen LogP contribution in [0.5, 0.6) is 0 Å². The number of nitrogens with one attached hydrogen (secondary N) is 1. The number of H-pyrrole nitrogens is 1. The molecule has 2 aromatic carbocycles. The second-order valence-corrected chi connectivity index (χ2v) is 4.91. The Balaban J connectivity index is 2.25. The van der Waals surface area contributed by atoms with Crippen molar-refractivity contribution in [2.75, 3.05) is 5.73 Å². The summed E-state index contributed by atoms with van der Waals surface area (Å²) in [5.41, 5.74) is 11.0. The Morgan fingerprint density at radius 3 is 2.42 bits per heavy atom. The van der Waals surface area contributed by atoms with Crippen molar-refractivity contribution in [1.29, 1.82) is 0 Å². The van der Waals surface area contributed by atoms with Crippen molar-refractivity contribution in [3.05, 3.63) is 53.3 Å². The SMILES string of the molecule is Cc1ccc(-c2[nH]c3cc(F)c(N)cc3c2C)cc1. The zero-order chi connectivity index (χ0) is 13.6. The minimum Gasteiger partial charge on any atom is -0.396 e. The topological polar surface area (TPSA) is 41.8 Å². The number of nitrogen functional groups attached to an aromatic ring is 1. The molecule has 3 rings (SSSR count).